The second kappa shape index (κ2) is 15.6. The quantitative estimate of drug-likeness (QED) is 0.160. The molecule has 5 heterocycles. The lowest BCUT2D eigenvalue weighted by atomic mass is 10.1. The van der Waals surface area contributed by atoms with E-state index in [0.717, 1.165) is 22.7 Å². The van der Waals surface area contributed by atoms with E-state index in [4.69, 9.17) is 11.8 Å². The van der Waals surface area contributed by atoms with Gasteiger partial charge in [-0.15, -0.1) is 0 Å². The fraction of sp³-hybridized carbons (Fsp3) is 0. The molecule has 16 rings (SSSR count). The molecule has 0 fully saturated rings. The molecule has 7 heteroatoms. The van der Waals surface area contributed by atoms with Gasteiger partial charge in [-0.2, -0.15) is 0 Å². The van der Waals surface area contributed by atoms with Gasteiger partial charge >= 0.3 is 0 Å². The molecule has 0 atom stereocenters. The Morgan fingerprint density at radius 2 is 0.658 bits per heavy atom. The third-order valence-corrected chi connectivity index (χ3v) is 21.8. The lowest BCUT2D eigenvalue weighted by Crippen LogP contribution is -2.30. The number of fused-ring (bicyclic) bond motifs is 16. The van der Waals surface area contributed by atoms with Crippen LogP contribution in [0.5, 0.6) is 0 Å². The zero-order valence-corrected chi connectivity index (χ0v) is 41.8. The number of hydrogen-bond donors (Lipinski definition) is 0. The summed E-state index contributed by atoms with van der Waals surface area (Å²) in [6.45, 7) is 0. The van der Waals surface area contributed by atoms with Gasteiger partial charge < -0.3 is 18.3 Å². The zero-order chi connectivity index (χ0) is 47.9. The van der Waals surface area contributed by atoms with Crippen molar-refractivity contribution in [3.8, 4) is 22.7 Å². The molecular weight excluding hydrogens is 944 g/mol. The van der Waals surface area contributed by atoms with Crippen molar-refractivity contribution in [2.24, 2.45) is 0 Å². The number of nitrogens with zero attached hydrogens (tertiary/aromatic N) is 4. The van der Waals surface area contributed by atoms with E-state index in [2.05, 4.69) is 267 Å². The van der Waals surface area contributed by atoms with E-state index < -0.39 is 6.04 Å². The molecule has 342 valence electrons. The second-order valence-electron chi connectivity index (χ2n) is 19.1. The van der Waals surface area contributed by atoms with Gasteiger partial charge in [-0.1, -0.05) is 175 Å². The first-order chi connectivity index (χ1) is 36.1. The summed E-state index contributed by atoms with van der Waals surface area (Å²) in [5.74, 6) is 0. The fourth-order valence-electron chi connectivity index (χ4n) is 12.4. The standard InChI is InChI=1S/C66H41N4PS2/c72-71(46-22-8-3-9-23-46)59-38-32-44(69-53-28-14-10-24-47(53)49-34-36-57-63(65(49)69)51-26-12-16-30-55(51)67(57)42-18-4-1-5-19-42)40-61(59)73-62-41-45(33-39-60(62)71)70-54-29-15-11-25-48(54)50-35-37-58-64(66(50)70)52-27-13-17-31-56(52)68(58)43-20-6-2-7-21-43/h1-41H. The molecule has 15 aromatic rings. The molecule has 0 spiro atoms. The molecule has 1 aliphatic rings. The van der Waals surface area contributed by atoms with Crippen LogP contribution in [0.15, 0.2) is 259 Å². The lowest BCUT2D eigenvalue weighted by Gasteiger charge is -2.33. The average Bonchev–Trinajstić information content (AvgIpc) is 4.19. The third-order valence-electron chi connectivity index (χ3n) is 15.4. The van der Waals surface area contributed by atoms with Gasteiger partial charge in [0.1, 0.15) is 0 Å². The summed E-state index contributed by atoms with van der Waals surface area (Å²) in [6.07, 6.45) is 0. The minimum atomic E-state index is -2.55. The van der Waals surface area contributed by atoms with E-state index in [-0.39, 0.29) is 0 Å². The van der Waals surface area contributed by atoms with Crippen molar-refractivity contribution in [1.82, 2.24) is 18.3 Å². The van der Waals surface area contributed by atoms with Crippen molar-refractivity contribution >= 4 is 133 Å². The molecule has 0 saturated carbocycles. The SMILES string of the molecule is S=P1(c2ccccc2)c2ccc(-n3c4ccccc4c4ccc5c(c6ccccc6n5-c5ccccc5)c43)cc2Sc2cc(-n3c4ccccc4c4ccc5c(c6ccccc6n5-c5ccccc5)c43)ccc21. The molecule has 0 amide bonds. The Morgan fingerprint density at radius 1 is 0.288 bits per heavy atom. The summed E-state index contributed by atoms with van der Waals surface area (Å²) in [5, 5.41) is 13.6. The summed E-state index contributed by atoms with van der Waals surface area (Å²) in [4.78, 5) is 2.41. The maximum atomic E-state index is 7.23. The topological polar surface area (TPSA) is 19.7 Å². The van der Waals surface area contributed by atoms with Crippen molar-refractivity contribution in [3.05, 3.63) is 249 Å². The van der Waals surface area contributed by atoms with Crippen molar-refractivity contribution in [2.45, 2.75) is 9.79 Å². The lowest BCUT2D eigenvalue weighted by molar-refractivity contribution is 1.16. The van der Waals surface area contributed by atoms with Crippen LogP contribution in [0.4, 0.5) is 0 Å². The smallest absolute Gasteiger partial charge is 0.0641 e. The summed E-state index contributed by atoms with van der Waals surface area (Å²) in [5.41, 5.74) is 14.1. The number of hydrogen-bond acceptors (Lipinski definition) is 2. The predicted octanol–water partition coefficient (Wildman–Crippen LogP) is 16.3. The first-order valence-electron chi connectivity index (χ1n) is 24.8. The van der Waals surface area contributed by atoms with Crippen LogP contribution in [-0.2, 0) is 11.8 Å². The number of rotatable bonds is 5. The maximum Gasteiger partial charge on any atom is 0.0641 e. The number of para-hydroxylation sites is 6. The van der Waals surface area contributed by atoms with Crippen LogP contribution in [0, 0.1) is 0 Å². The van der Waals surface area contributed by atoms with Gasteiger partial charge in [-0.25, -0.2) is 0 Å². The van der Waals surface area contributed by atoms with Crippen LogP contribution in [0.3, 0.4) is 0 Å². The molecule has 0 aliphatic carbocycles. The summed E-state index contributed by atoms with van der Waals surface area (Å²) >= 11 is 9.10. The summed E-state index contributed by atoms with van der Waals surface area (Å²) in [6, 6.07) is 89.0. The van der Waals surface area contributed by atoms with Crippen LogP contribution < -0.4 is 15.9 Å². The van der Waals surface area contributed by atoms with E-state index in [1.807, 2.05) is 11.8 Å². The van der Waals surface area contributed by atoms with Gasteiger partial charge in [0, 0.05) is 92.3 Å². The molecule has 0 saturated heterocycles. The van der Waals surface area contributed by atoms with Crippen molar-refractivity contribution in [2.75, 3.05) is 0 Å². The highest BCUT2D eigenvalue weighted by atomic mass is 32.4. The fourth-order valence-corrected chi connectivity index (χ4v) is 18.8. The van der Waals surface area contributed by atoms with Gasteiger partial charge in [0.2, 0.25) is 0 Å². The van der Waals surface area contributed by atoms with Gasteiger partial charge in [0.25, 0.3) is 0 Å². The van der Waals surface area contributed by atoms with Crippen LogP contribution in [0.2, 0.25) is 0 Å². The van der Waals surface area contributed by atoms with Gasteiger partial charge in [0.05, 0.1) is 44.1 Å². The minimum absolute atomic E-state index is 1.12. The zero-order valence-electron chi connectivity index (χ0n) is 39.2. The van der Waals surface area contributed by atoms with Crippen LogP contribution in [0.25, 0.3) is 110 Å². The largest absolute Gasteiger partial charge is 0.309 e. The Kier molecular flexibility index (Phi) is 8.79. The molecule has 4 aromatic heterocycles. The van der Waals surface area contributed by atoms with E-state index in [0.29, 0.717) is 0 Å². The summed E-state index contributed by atoms with van der Waals surface area (Å²) in [7, 11) is 0. The number of benzene rings is 11. The molecule has 4 nitrogen and oxygen atoms in total. The molecule has 73 heavy (non-hydrogen) atoms. The molecule has 1 aliphatic heterocycles. The Bertz CT molecular complexity index is 4570. The molecule has 0 bridgehead atoms. The Hall–Kier alpha value is -8.38. The van der Waals surface area contributed by atoms with Gasteiger partial charge in [-0.05, 0) is 102 Å². The average molecular weight is 985 g/mol. The maximum absolute atomic E-state index is 7.23. The second-order valence-corrected chi connectivity index (χ2v) is 24.6. The Morgan fingerprint density at radius 3 is 1.10 bits per heavy atom. The van der Waals surface area contributed by atoms with Gasteiger partial charge in [-0.3, -0.25) is 0 Å². The normalized spacial score (nSPS) is 13.3. The summed E-state index contributed by atoms with van der Waals surface area (Å²) < 4.78 is 9.87. The highest BCUT2D eigenvalue weighted by Crippen LogP contribution is 2.54. The predicted molar refractivity (Wildman–Crippen MR) is 314 cm³/mol. The highest BCUT2D eigenvalue weighted by molar-refractivity contribution is 8.26. The monoisotopic (exact) mass is 984 g/mol. The van der Waals surface area contributed by atoms with Crippen LogP contribution >= 0.6 is 17.8 Å². The highest BCUT2D eigenvalue weighted by Gasteiger charge is 2.35. The van der Waals surface area contributed by atoms with Gasteiger partial charge in [0.15, 0.2) is 0 Å². The van der Waals surface area contributed by atoms with E-state index in [1.54, 1.807) is 0 Å². The minimum Gasteiger partial charge on any atom is -0.309 e. The molecule has 0 N–H and O–H groups in total. The van der Waals surface area contributed by atoms with Crippen molar-refractivity contribution < 1.29 is 0 Å². The van der Waals surface area contributed by atoms with Crippen molar-refractivity contribution in [3.63, 3.8) is 0 Å². The van der Waals surface area contributed by atoms with Crippen LogP contribution in [-0.4, -0.2) is 18.3 Å². The van der Waals surface area contributed by atoms with E-state index >= 15 is 0 Å². The van der Waals surface area contributed by atoms with E-state index in [1.165, 1.54) is 113 Å². The molecule has 11 aromatic carbocycles. The first kappa shape index (κ1) is 41.3. The molecule has 0 unspecified atom stereocenters. The molecular formula is C66H41N4PS2. The number of aromatic nitrogens is 4. The third kappa shape index (κ3) is 5.71. The van der Waals surface area contributed by atoms with E-state index in [9.17, 15) is 0 Å². The van der Waals surface area contributed by atoms with Crippen LogP contribution in [0.1, 0.15) is 0 Å². The first-order valence-corrected chi connectivity index (χ1v) is 28.4. The molecule has 0 radical (unpaired) electrons. The van der Waals surface area contributed by atoms with Crippen molar-refractivity contribution in [1.29, 1.82) is 0 Å². The Labute approximate surface area is 429 Å². The Balaban J connectivity index is 0.949.